The van der Waals surface area contributed by atoms with Gasteiger partial charge < -0.3 is 15.6 Å². The monoisotopic (exact) mass is 268 g/mol. The summed E-state index contributed by atoms with van der Waals surface area (Å²) in [5, 5.41) is 10.4. The molecule has 0 bridgehead atoms. The Bertz CT molecular complexity index is 565. The lowest BCUT2D eigenvalue weighted by atomic mass is 10.2. The molecule has 0 aliphatic rings. The first kappa shape index (κ1) is 13.3. The molecule has 0 aliphatic heterocycles. The lowest BCUT2D eigenvalue weighted by Crippen LogP contribution is -2.25. The van der Waals surface area contributed by atoms with Gasteiger partial charge in [-0.1, -0.05) is 0 Å². The quantitative estimate of drug-likeness (QED) is 0.756. The highest BCUT2D eigenvalue weighted by molar-refractivity contribution is 7.92. The first-order chi connectivity index (χ1) is 7.57. The highest BCUT2D eigenvalue weighted by atomic mass is 32.2. The molecule has 17 heavy (non-hydrogen) atoms. The van der Waals surface area contributed by atoms with E-state index in [9.17, 15) is 31.5 Å². The number of aromatic carboxylic acids is 1. The zero-order valence-corrected chi connectivity index (χ0v) is 8.80. The van der Waals surface area contributed by atoms with E-state index in [1.807, 2.05) is 0 Å². The molecule has 0 atom stereocenters. The highest BCUT2D eigenvalue weighted by Gasteiger charge is 2.46. The van der Waals surface area contributed by atoms with Gasteiger partial charge in [-0.25, -0.2) is 8.42 Å². The van der Waals surface area contributed by atoms with Crippen molar-refractivity contribution >= 4 is 21.5 Å². The van der Waals surface area contributed by atoms with Gasteiger partial charge in [0.05, 0.1) is 10.9 Å². The van der Waals surface area contributed by atoms with E-state index in [1.54, 1.807) is 0 Å². The SMILES string of the molecule is Nc1cc(S(=O)(=O)C(F)(F)F)ccc1C(=O)[O-]. The number of benzene rings is 1. The van der Waals surface area contributed by atoms with E-state index in [4.69, 9.17) is 5.73 Å². The summed E-state index contributed by atoms with van der Waals surface area (Å²) in [6.07, 6.45) is 0. The fourth-order valence-corrected chi connectivity index (χ4v) is 1.82. The summed E-state index contributed by atoms with van der Waals surface area (Å²) in [6.45, 7) is 0. The molecule has 1 aromatic carbocycles. The van der Waals surface area contributed by atoms with E-state index < -0.39 is 37.5 Å². The van der Waals surface area contributed by atoms with Gasteiger partial charge in [0.25, 0.3) is 9.84 Å². The average Bonchev–Trinajstić information content (AvgIpc) is 2.14. The number of hydrogen-bond acceptors (Lipinski definition) is 5. The molecule has 1 aromatic rings. The highest BCUT2D eigenvalue weighted by Crippen LogP contribution is 2.31. The molecule has 0 saturated heterocycles. The number of carbonyl (C=O) groups excluding carboxylic acids is 1. The second-order valence-electron chi connectivity index (χ2n) is 2.99. The molecule has 5 nitrogen and oxygen atoms in total. The number of halogens is 3. The molecule has 0 radical (unpaired) electrons. The summed E-state index contributed by atoms with van der Waals surface area (Å²) in [4.78, 5) is 9.30. The van der Waals surface area contributed by atoms with Crippen LogP contribution < -0.4 is 10.8 Å². The van der Waals surface area contributed by atoms with Crippen molar-refractivity contribution in [3.63, 3.8) is 0 Å². The topological polar surface area (TPSA) is 100 Å². The maximum Gasteiger partial charge on any atom is 0.501 e. The first-order valence-corrected chi connectivity index (χ1v) is 5.48. The van der Waals surface area contributed by atoms with Crippen molar-refractivity contribution in [1.82, 2.24) is 0 Å². The summed E-state index contributed by atoms with van der Waals surface area (Å²) < 4.78 is 58.3. The van der Waals surface area contributed by atoms with Gasteiger partial charge in [0.1, 0.15) is 0 Å². The molecule has 0 spiro atoms. The van der Waals surface area contributed by atoms with Crippen molar-refractivity contribution in [1.29, 1.82) is 0 Å². The van der Waals surface area contributed by atoms with Crippen LogP contribution in [0.15, 0.2) is 23.1 Å². The first-order valence-electron chi connectivity index (χ1n) is 3.99. The van der Waals surface area contributed by atoms with Crippen molar-refractivity contribution in [2.75, 3.05) is 5.73 Å². The lowest BCUT2D eigenvalue weighted by Gasteiger charge is -2.11. The Morgan fingerprint density at radius 3 is 2.18 bits per heavy atom. The Morgan fingerprint density at radius 1 is 1.29 bits per heavy atom. The Morgan fingerprint density at radius 2 is 1.82 bits per heavy atom. The number of carboxylic acid groups (broad SMARTS) is 1. The summed E-state index contributed by atoms with van der Waals surface area (Å²) in [5.41, 5.74) is -1.55. The molecule has 0 unspecified atom stereocenters. The molecule has 2 N–H and O–H groups in total. The fraction of sp³-hybridized carbons (Fsp3) is 0.125. The molecule has 1 rings (SSSR count). The summed E-state index contributed by atoms with van der Waals surface area (Å²) in [7, 11) is -5.53. The van der Waals surface area contributed by atoms with Crippen LogP contribution in [0.3, 0.4) is 0 Å². The van der Waals surface area contributed by atoms with Crippen LogP contribution in [-0.2, 0) is 9.84 Å². The molecule has 94 valence electrons. The van der Waals surface area contributed by atoms with Gasteiger partial charge >= 0.3 is 5.51 Å². The van der Waals surface area contributed by atoms with Crippen LogP contribution in [0.4, 0.5) is 18.9 Å². The minimum Gasteiger partial charge on any atom is -0.545 e. The molecule has 0 fully saturated rings. The summed E-state index contributed by atoms with van der Waals surface area (Å²) >= 11 is 0. The maximum absolute atomic E-state index is 12.2. The standard InChI is InChI=1S/C8H6F3NO4S/c9-8(10,11)17(15,16)4-1-2-5(7(13)14)6(12)3-4/h1-3H,12H2,(H,13,14)/p-1. The van der Waals surface area contributed by atoms with Gasteiger partial charge in [-0.15, -0.1) is 0 Å². The molecule has 9 heteroatoms. The van der Waals surface area contributed by atoms with Crippen LogP contribution >= 0.6 is 0 Å². The van der Waals surface area contributed by atoms with Crippen molar-refractivity contribution in [3.05, 3.63) is 23.8 Å². The fourth-order valence-electron chi connectivity index (χ4n) is 1.03. The van der Waals surface area contributed by atoms with Crippen LogP contribution in [0.2, 0.25) is 0 Å². The third-order valence-electron chi connectivity index (χ3n) is 1.86. The number of carboxylic acids is 1. The third kappa shape index (κ3) is 2.33. The number of nitrogens with two attached hydrogens (primary N) is 1. The second-order valence-corrected chi connectivity index (χ2v) is 4.93. The molecule has 0 aromatic heterocycles. The van der Waals surface area contributed by atoms with E-state index in [0.29, 0.717) is 18.2 Å². The molecule has 0 heterocycles. The number of nitrogen functional groups attached to an aromatic ring is 1. The van der Waals surface area contributed by atoms with E-state index in [2.05, 4.69) is 0 Å². The Labute approximate surface area is 93.6 Å². The van der Waals surface area contributed by atoms with Crippen molar-refractivity contribution < 1.29 is 31.5 Å². The number of carbonyl (C=O) groups is 1. The minimum absolute atomic E-state index is 0.425. The van der Waals surface area contributed by atoms with Gasteiger partial charge in [-0.3, -0.25) is 0 Å². The Hall–Kier alpha value is -1.77. The van der Waals surface area contributed by atoms with Crippen LogP contribution in [0.5, 0.6) is 0 Å². The molecule has 0 amide bonds. The van der Waals surface area contributed by atoms with Crippen molar-refractivity contribution in [3.8, 4) is 0 Å². The van der Waals surface area contributed by atoms with Crippen LogP contribution in [0.1, 0.15) is 10.4 Å². The minimum atomic E-state index is -5.53. The van der Waals surface area contributed by atoms with E-state index >= 15 is 0 Å². The van der Waals surface area contributed by atoms with Crippen molar-refractivity contribution in [2.45, 2.75) is 10.4 Å². The number of sulfone groups is 1. The predicted molar refractivity (Wildman–Crippen MR) is 48.4 cm³/mol. The van der Waals surface area contributed by atoms with Gasteiger partial charge in [-0.05, 0) is 18.2 Å². The van der Waals surface area contributed by atoms with Crippen LogP contribution in [-0.4, -0.2) is 19.9 Å². The smallest absolute Gasteiger partial charge is 0.501 e. The zero-order chi connectivity index (χ0) is 13.4. The second kappa shape index (κ2) is 3.91. The number of anilines is 1. The molecule has 0 aliphatic carbocycles. The summed E-state index contributed by atoms with van der Waals surface area (Å²) in [6, 6.07) is 1.57. The number of rotatable bonds is 2. The largest absolute Gasteiger partial charge is 0.545 e. The van der Waals surface area contributed by atoms with Gasteiger partial charge in [0.2, 0.25) is 0 Å². The predicted octanol–water partition coefficient (Wildman–Crippen LogP) is -0.0742. The summed E-state index contributed by atoms with van der Waals surface area (Å²) in [5.74, 6) is -1.71. The zero-order valence-electron chi connectivity index (χ0n) is 7.98. The van der Waals surface area contributed by atoms with Gasteiger partial charge in [0, 0.05) is 11.3 Å². The average molecular weight is 268 g/mol. The van der Waals surface area contributed by atoms with Crippen molar-refractivity contribution in [2.24, 2.45) is 0 Å². The third-order valence-corrected chi connectivity index (χ3v) is 3.34. The molecular formula is C8H5F3NO4S-. The Kier molecular flexibility index (Phi) is 3.06. The van der Waals surface area contributed by atoms with Gasteiger partial charge in [-0.2, -0.15) is 13.2 Å². The van der Waals surface area contributed by atoms with Crippen LogP contribution in [0, 0.1) is 0 Å². The van der Waals surface area contributed by atoms with E-state index in [0.717, 1.165) is 0 Å². The van der Waals surface area contributed by atoms with E-state index in [-0.39, 0.29) is 0 Å². The number of hydrogen-bond donors (Lipinski definition) is 1. The Balaban J connectivity index is 3.39. The van der Waals surface area contributed by atoms with Crippen LogP contribution in [0.25, 0.3) is 0 Å². The maximum atomic E-state index is 12.2. The molecule has 0 saturated carbocycles. The lowest BCUT2D eigenvalue weighted by molar-refractivity contribution is -0.254. The van der Waals surface area contributed by atoms with E-state index in [1.165, 1.54) is 0 Å². The van der Waals surface area contributed by atoms with Gasteiger partial charge in [0.15, 0.2) is 0 Å². The normalized spacial score (nSPS) is 12.4. The number of alkyl halides is 3. The molecular weight excluding hydrogens is 263 g/mol.